The summed E-state index contributed by atoms with van der Waals surface area (Å²) in [6.07, 6.45) is 2.37. The van der Waals surface area contributed by atoms with E-state index >= 15 is 0 Å². The molecular weight excluding hydrogens is 715 g/mol. The first-order chi connectivity index (χ1) is 27.5. The fourth-order valence-electron chi connectivity index (χ4n) is 8.77. The summed E-state index contributed by atoms with van der Waals surface area (Å²) < 4.78 is 5.32. The van der Waals surface area contributed by atoms with Crippen LogP contribution in [0.4, 0.5) is 17.1 Å². The zero-order valence-corrected chi connectivity index (χ0v) is 32.8. The van der Waals surface area contributed by atoms with Gasteiger partial charge in [-0.1, -0.05) is 123 Å². The van der Waals surface area contributed by atoms with Crippen molar-refractivity contribution in [2.24, 2.45) is 0 Å². The van der Waals surface area contributed by atoms with E-state index in [9.17, 15) is 0 Å². The van der Waals surface area contributed by atoms with Crippen molar-refractivity contribution in [1.29, 1.82) is 0 Å². The average Bonchev–Trinajstić information content (AvgIpc) is 3.90. The number of thiophene rings is 2. The van der Waals surface area contributed by atoms with Gasteiger partial charge < -0.3 is 4.90 Å². The van der Waals surface area contributed by atoms with Gasteiger partial charge in [0.15, 0.2) is 0 Å². The standard InChI is InChI=1S/C53H37NS2/c1-53(2)47-12-6-3-9-39(47)33-48(53)36-19-27-42(28-20-36)54(40-23-15-34(16-24-40)37-21-29-51-45(31-37)43-10-4-7-13-49(43)55-51)41-25-17-35(18-26-41)38-22-30-52-46(32-38)44-11-5-8-14-50(44)56-52/h3-33H,1-2H3. The van der Waals surface area contributed by atoms with Crippen molar-refractivity contribution in [2.45, 2.75) is 19.3 Å². The van der Waals surface area contributed by atoms with E-state index in [1.165, 1.54) is 84.9 Å². The number of fused-ring (bicyclic) bond motifs is 7. The van der Waals surface area contributed by atoms with E-state index in [1.807, 2.05) is 22.7 Å². The molecule has 0 radical (unpaired) electrons. The lowest BCUT2D eigenvalue weighted by Crippen LogP contribution is -2.16. The number of hydrogen-bond donors (Lipinski definition) is 0. The summed E-state index contributed by atoms with van der Waals surface area (Å²) in [5.74, 6) is 0. The third-order valence-corrected chi connectivity index (χ3v) is 14.0. The largest absolute Gasteiger partial charge is 0.311 e. The van der Waals surface area contributed by atoms with Crippen LogP contribution >= 0.6 is 22.7 Å². The third kappa shape index (κ3) is 5.42. The molecule has 1 aliphatic rings. The molecule has 0 atom stereocenters. The Balaban J connectivity index is 0.970. The highest BCUT2D eigenvalue weighted by molar-refractivity contribution is 7.26. The maximum Gasteiger partial charge on any atom is 0.0462 e. The molecule has 0 bridgehead atoms. The van der Waals surface area contributed by atoms with Gasteiger partial charge in [0.1, 0.15) is 0 Å². The van der Waals surface area contributed by atoms with Crippen LogP contribution in [-0.2, 0) is 5.41 Å². The summed E-state index contributed by atoms with van der Waals surface area (Å²) in [7, 11) is 0. The van der Waals surface area contributed by atoms with Gasteiger partial charge in [-0.15, -0.1) is 22.7 Å². The van der Waals surface area contributed by atoms with Gasteiger partial charge >= 0.3 is 0 Å². The first-order valence-corrected chi connectivity index (χ1v) is 20.9. The first kappa shape index (κ1) is 33.1. The molecule has 0 saturated heterocycles. The lowest BCUT2D eigenvalue weighted by molar-refractivity contribution is 0.704. The number of anilines is 3. The van der Waals surface area contributed by atoms with Gasteiger partial charge in [-0.3, -0.25) is 0 Å². The van der Waals surface area contributed by atoms with Crippen LogP contribution in [0, 0.1) is 0 Å². The predicted molar refractivity (Wildman–Crippen MR) is 245 cm³/mol. The molecule has 3 heteroatoms. The number of rotatable bonds is 6. The molecule has 0 aliphatic heterocycles. The second kappa shape index (κ2) is 12.9. The first-order valence-electron chi connectivity index (χ1n) is 19.2. The van der Waals surface area contributed by atoms with Crippen LogP contribution in [0.25, 0.3) is 74.2 Å². The van der Waals surface area contributed by atoms with Gasteiger partial charge in [-0.25, -0.2) is 0 Å². The zero-order valence-electron chi connectivity index (χ0n) is 31.2. The minimum atomic E-state index is -0.0555. The summed E-state index contributed by atoms with van der Waals surface area (Å²) in [5, 5.41) is 5.30. The quantitative estimate of drug-likeness (QED) is 0.164. The molecule has 0 saturated carbocycles. The molecule has 0 unspecified atom stereocenters. The molecule has 0 fully saturated rings. The van der Waals surface area contributed by atoms with Gasteiger partial charge in [0, 0.05) is 62.8 Å². The Labute approximate surface area is 335 Å². The molecule has 10 aromatic rings. The smallest absolute Gasteiger partial charge is 0.0462 e. The average molecular weight is 752 g/mol. The maximum atomic E-state index is 2.38. The number of hydrogen-bond acceptors (Lipinski definition) is 3. The molecule has 2 heterocycles. The van der Waals surface area contributed by atoms with Crippen molar-refractivity contribution in [3.63, 3.8) is 0 Å². The highest BCUT2D eigenvalue weighted by Gasteiger charge is 2.33. The van der Waals surface area contributed by atoms with Crippen LogP contribution < -0.4 is 4.90 Å². The minimum absolute atomic E-state index is 0.0555. The predicted octanol–water partition coefficient (Wildman–Crippen LogP) is 16.1. The summed E-state index contributed by atoms with van der Waals surface area (Å²) in [6, 6.07) is 67.3. The number of benzene rings is 8. The van der Waals surface area contributed by atoms with Crippen LogP contribution in [-0.4, -0.2) is 0 Å². The van der Waals surface area contributed by atoms with Crippen LogP contribution in [0.2, 0.25) is 0 Å². The van der Waals surface area contributed by atoms with E-state index < -0.39 is 0 Å². The Kier molecular flexibility index (Phi) is 7.64. The summed E-state index contributed by atoms with van der Waals surface area (Å²) in [4.78, 5) is 2.38. The molecule has 266 valence electrons. The number of nitrogens with zero attached hydrogens (tertiary/aromatic N) is 1. The molecule has 11 rings (SSSR count). The molecule has 2 aromatic heterocycles. The topological polar surface area (TPSA) is 3.24 Å². The Bertz CT molecular complexity index is 2980. The maximum absolute atomic E-state index is 2.38. The van der Waals surface area contributed by atoms with Gasteiger partial charge in [-0.2, -0.15) is 0 Å². The molecule has 1 nitrogen and oxygen atoms in total. The molecule has 0 N–H and O–H groups in total. The molecular formula is C53H37NS2. The minimum Gasteiger partial charge on any atom is -0.311 e. The normalized spacial score (nSPS) is 13.4. The number of allylic oxidation sites excluding steroid dienone is 1. The van der Waals surface area contributed by atoms with E-state index in [4.69, 9.17) is 0 Å². The lowest BCUT2D eigenvalue weighted by Gasteiger charge is -2.28. The van der Waals surface area contributed by atoms with E-state index in [-0.39, 0.29) is 5.41 Å². The van der Waals surface area contributed by atoms with Crippen LogP contribution in [0.1, 0.15) is 30.5 Å². The molecule has 56 heavy (non-hydrogen) atoms. The Hall–Kier alpha value is -6.26. The van der Waals surface area contributed by atoms with E-state index in [0.717, 1.165) is 17.1 Å². The fourth-order valence-corrected chi connectivity index (χ4v) is 10.9. The van der Waals surface area contributed by atoms with Crippen molar-refractivity contribution >= 4 is 91.7 Å². The second-order valence-corrected chi connectivity index (χ2v) is 17.5. The monoisotopic (exact) mass is 751 g/mol. The van der Waals surface area contributed by atoms with E-state index in [1.54, 1.807) is 0 Å². The highest BCUT2D eigenvalue weighted by atomic mass is 32.1. The summed E-state index contributed by atoms with van der Waals surface area (Å²) in [6.45, 7) is 4.68. The molecule has 8 aromatic carbocycles. The SMILES string of the molecule is CC1(C)C(c2ccc(N(c3ccc(-c4ccc5sc6ccccc6c5c4)cc3)c3ccc(-c4ccc5sc6ccccc6c5c4)cc3)cc2)=Cc2ccccc21. The third-order valence-electron chi connectivity index (χ3n) is 11.7. The van der Waals surface area contributed by atoms with Crippen molar-refractivity contribution in [3.8, 4) is 22.3 Å². The van der Waals surface area contributed by atoms with Gasteiger partial charge in [0.25, 0.3) is 0 Å². The van der Waals surface area contributed by atoms with Gasteiger partial charge in [0.2, 0.25) is 0 Å². The van der Waals surface area contributed by atoms with Crippen LogP contribution in [0.5, 0.6) is 0 Å². The van der Waals surface area contributed by atoms with Crippen LogP contribution in [0.15, 0.2) is 182 Å². The zero-order chi connectivity index (χ0) is 37.4. The van der Waals surface area contributed by atoms with Crippen molar-refractivity contribution in [3.05, 3.63) is 199 Å². The Morgan fingerprint density at radius 3 is 1.29 bits per heavy atom. The molecule has 1 aliphatic carbocycles. The van der Waals surface area contributed by atoms with Gasteiger partial charge in [0.05, 0.1) is 0 Å². The summed E-state index contributed by atoms with van der Waals surface area (Å²) >= 11 is 3.73. The Morgan fingerprint density at radius 1 is 0.375 bits per heavy atom. The molecule has 0 amide bonds. The summed E-state index contributed by atoms with van der Waals surface area (Å²) in [5.41, 5.74) is 13.5. The van der Waals surface area contributed by atoms with Crippen molar-refractivity contribution < 1.29 is 0 Å². The van der Waals surface area contributed by atoms with Crippen molar-refractivity contribution in [2.75, 3.05) is 4.90 Å². The van der Waals surface area contributed by atoms with Crippen molar-refractivity contribution in [1.82, 2.24) is 0 Å². The van der Waals surface area contributed by atoms with E-state index in [2.05, 4.69) is 207 Å². The molecule has 0 spiro atoms. The lowest BCUT2D eigenvalue weighted by atomic mass is 9.78. The Morgan fingerprint density at radius 2 is 0.786 bits per heavy atom. The van der Waals surface area contributed by atoms with Crippen LogP contribution in [0.3, 0.4) is 0 Å². The van der Waals surface area contributed by atoms with Gasteiger partial charge in [-0.05, 0) is 123 Å². The highest BCUT2D eigenvalue weighted by Crippen LogP contribution is 2.47. The fraction of sp³-hybridized carbons (Fsp3) is 0.0566. The second-order valence-electron chi connectivity index (χ2n) is 15.4. The van der Waals surface area contributed by atoms with E-state index in [0.29, 0.717) is 0 Å².